The molecule has 0 unspecified atom stereocenters. The smallest absolute Gasteiger partial charge is 0.123 e. The first kappa shape index (κ1) is 7.76. The summed E-state index contributed by atoms with van der Waals surface area (Å²) >= 11 is 1.66. The Hall–Kier alpha value is -1.61. The molecule has 0 fully saturated rings. The molecule has 0 aliphatic rings. The number of aromatic amines is 1. The molecule has 0 atom stereocenters. The van der Waals surface area contributed by atoms with Gasteiger partial charge in [-0.3, -0.25) is 0 Å². The number of rotatable bonds is 1. The van der Waals surface area contributed by atoms with Crippen LogP contribution in [0, 0.1) is 0 Å². The van der Waals surface area contributed by atoms with Crippen molar-refractivity contribution in [3.63, 3.8) is 0 Å². The molecule has 3 rings (SSSR count). The van der Waals surface area contributed by atoms with Crippen LogP contribution in [-0.2, 0) is 0 Å². The van der Waals surface area contributed by atoms with Gasteiger partial charge in [0.15, 0.2) is 0 Å². The summed E-state index contributed by atoms with van der Waals surface area (Å²) in [6, 6.07) is 8.42. The molecule has 0 amide bonds. The predicted molar refractivity (Wildman–Crippen MR) is 59.4 cm³/mol. The summed E-state index contributed by atoms with van der Waals surface area (Å²) in [4.78, 5) is 7.48. The normalized spacial score (nSPS) is 10.9. The van der Waals surface area contributed by atoms with Crippen LogP contribution in [0.2, 0.25) is 0 Å². The van der Waals surface area contributed by atoms with E-state index in [1.807, 2.05) is 17.8 Å². The van der Waals surface area contributed by atoms with E-state index in [1.54, 1.807) is 11.3 Å². The second kappa shape index (κ2) is 2.96. The molecule has 3 heteroatoms. The molecule has 2 nitrogen and oxygen atoms in total. The highest BCUT2D eigenvalue weighted by molar-refractivity contribution is 7.13. The van der Waals surface area contributed by atoms with Gasteiger partial charge in [-0.05, 0) is 17.5 Å². The van der Waals surface area contributed by atoms with Gasteiger partial charge in [0.2, 0.25) is 0 Å². The van der Waals surface area contributed by atoms with Crippen LogP contribution in [0.25, 0.3) is 21.5 Å². The molecule has 0 saturated carbocycles. The molecule has 2 heterocycles. The fourth-order valence-electron chi connectivity index (χ4n) is 1.55. The third kappa shape index (κ3) is 1.14. The second-order valence-corrected chi connectivity index (χ2v) is 4.01. The SMILES string of the molecule is c1csc(-c2ccc3cc[nH]c3c2)n1. The molecule has 0 spiro atoms. The highest BCUT2D eigenvalue weighted by atomic mass is 32.1. The van der Waals surface area contributed by atoms with Crippen molar-refractivity contribution in [3.05, 3.63) is 42.0 Å². The maximum absolute atomic E-state index is 4.28. The van der Waals surface area contributed by atoms with Gasteiger partial charge in [0.1, 0.15) is 5.01 Å². The standard InChI is InChI=1S/C11H8N2S/c1-2-9(11-13-5-6-14-11)7-10-8(1)3-4-12-10/h1-7,12H. The lowest BCUT2D eigenvalue weighted by atomic mass is 10.2. The van der Waals surface area contributed by atoms with Gasteiger partial charge in [-0.25, -0.2) is 4.98 Å². The molecular weight excluding hydrogens is 192 g/mol. The van der Waals surface area contributed by atoms with Crippen molar-refractivity contribution in [1.82, 2.24) is 9.97 Å². The van der Waals surface area contributed by atoms with Gasteiger partial charge < -0.3 is 4.98 Å². The minimum atomic E-state index is 1.07. The lowest BCUT2D eigenvalue weighted by Crippen LogP contribution is -1.75. The zero-order valence-electron chi connectivity index (χ0n) is 7.40. The molecule has 1 aromatic carbocycles. The van der Waals surface area contributed by atoms with Crippen molar-refractivity contribution < 1.29 is 0 Å². The number of nitrogens with one attached hydrogen (secondary N) is 1. The first-order valence-electron chi connectivity index (χ1n) is 4.40. The van der Waals surface area contributed by atoms with Gasteiger partial charge in [0.05, 0.1) is 0 Å². The van der Waals surface area contributed by atoms with Crippen molar-refractivity contribution in [2.75, 3.05) is 0 Å². The van der Waals surface area contributed by atoms with E-state index in [0.717, 1.165) is 10.5 Å². The van der Waals surface area contributed by atoms with Crippen molar-refractivity contribution in [3.8, 4) is 10.6 Å². The van der Waals surface area contributed by atoms with E-state index in [-0.39, 0.29) is 0 Å². The lowest BCUT2D eigenvalue weighted by Gasteiger charge is -1.95. The summed E-state index contributed by atoms with van der Waals surface area (Å²) in [6.07, 6.45) is 3.79. The molecule has 1 N–H and O–H groups in total. The number of benzene rings is 1. The summed E-state index contributed by atoms with van der Waals surface area (Å²) in [5.41, 5.74) is 2.34. The molecule has 2 aromatic heterocycles. The maximum Gasteiger partial charge on any atom is 0.123 e. The third-order valence-corrected chi connectivity index (χ3v) is 3.06. The molecular formula is C11H8N2S. The zero-order chi connectivity index (χ0) is 9.38. The van der Waals surface area contributed by atoms with Crippen LogP contribution in [0.3, 0.4) is 0 Å². The number of aromatic nitrogens is 2. The highest BCUT2D eigenvalue weighted by Crippen LogP contribution is 2.24. The second-order valence-electron chi connectivity index (χ2n) is 3.12. The van der Waals surface area contributed by atoms with Crippen molar-refractivity contribution in [1.29, 1.82) is 0 Å². The zero-order valence-corrected chi connectivity index (χ0v) is 8.21. The maximum atomic E-state index is 4.28. The third-order valence-electron chi connectivity index (χ3n) is 2.23. The van der Waals surface area contributed by atoms with Crippen LogP contribution in [0.1, 0.15) is 0 Å². The number of hydrogen-bond donors (Lipinski definition) is 1. The van der Waals surface area contributed by atoms with Gasteiger partial charge >= 0.3 is 0 Å². The number of nitrogens with zero attached hydrogens (tertiary/aromatic N) is 1. The van der Waals surface area contributed by atoms with E-state index in [1.165, 1.54) is 10.9 Å². The molecule has 68 valence electrons. The number of H-pyrrole nitrogens is 1. The highest BCUT2D eigenvalue weighted by Gasteiger charge is 2.01. The van der Waals surface area contributed by atoms with Gasteiger partial charge in [0.25, 0.3) is 0 Å². The van der Waals surface area contributed by atoms with Gasteiger partial charge in [-0.1, -0.05) is 12.1 Å². The summed E-state index contributed by atoms with van der Waals surface area (Å²) in [5.74, 6) is 0. The quantitative estimate of drug-likeness (QED) is 0.641. The first-order chi connectivity index (χ1) is 6.93. The van der Waals surface area contributed by atoms with Crippen LogP contribution >= 0.6 is 11.3 Å². The Morgan fingerprint density at radius 3 is 3.07 bits per heavy atom. The largest absolute Gasteiger partial charge is 0.361 e. The van der Waals surface area contributed by atoms with E-state index >= 15 is 0 Å². The average Bonchev–Trinajstić information content (AvgIpc) is 2.88. The molecule has 14 heavy (non-hydrogen) atoms. The van der Waals surface area contributed by atoms with Crippen LogP contribution < -0.4 is 0 Å². The van der Waals surface area contributed by atoms with Crippen LogP contribution in [-0.4, -0.2) is 9.97 Å². The summed E-state index contributed by atoms with van der Waals surface area (Å²) in [7, 11) is 0. The van der Waals surface area contributed by atoms with Crippen LogP contribution in [0.5, 0.6) is 0 Å². The molecule has 0 bridgehead atoms. The number of hydrogen-bond acceptors (Lipinski definition) is 2. The Bertz CT molecular complexity index is 551. The number of fused-ring (bicyclic) bond motifs is 1. The summed E-state index contributed by atoms with van der Waals surface area (Å²) < 4.78 is 0. The topological polar surface area (TPSA) is 28.7 Å². The molecule has 0 saturated heterocycles. The van der Waals surface area contributed by atoms with E-state index in [2.05, 4.69) is 34.2 Å². The van der Waals surface area contributed by atoms with Crippen LogP contribution in [0.15, 0.2) is 42.0 Å². The van der Waals surface area contributed by atoms with Crippen LogP contribution in [0.4, 0.5) is 0 Å². The Morgan fingerprint density at radius 2 is 2.21 bits per heavy atom. The Labute approximate surface area is 85.2 Å². The monoisotopic (exact) mass is 200 g/mol. The van der Waals surface area contributed by atoms with Gasteiger partial charge in [0, 0.05) is 28.9 Å². The fraction of sp³-hybridized carbons (Fsp3) is 0. The van der Waals surface area contributed by atoms with Crippen molar-refractivity contribution in [2.45, 2.75) is 0 Å². The predicted octanol–water partition coefficient (Wildman–Crippen LogP) is 3.29. The minimum Gasteiger partial charge on any atom is -0.361 e. The fourth-order valence-corrected chi connectivity index (χ4v) is 2.18. The summed E-state index contributed by atoms with van der Waals surface area (Å²) in [6.45, 7) is 0. The van der Waals surface area contributed by atoms with Crippen molar-refractivity contribution in [2.24, 2.45) is 0 Å². The van der Waals surface area contributed by atoms with E-state index in [4.69, 9.17) is 0 Å². The van der Waals surface area contributed by atoms with E-state index in [0.29, 0.717) is 0 Å². The molecule has 0 radical (unpaired) electrons. The molecule has 0 aliphatic heterocycles. The molecule has 3 aromatic rings. The first-order valence-corrected chi connectivity index (χ1v) is 5.28. The van der Waals surface area contributed by atoms with Gasteiger partial charge in [-0.15, -0.1) is 11.3 Å². The Morgan fingerprint density at radius 1 is 1.21 bits per heavy atom. The lowest BCUT2D eigenvalue weighted by molar-refractivity contribution is 1.41. The minimum absolute atomic E-state index is 1.07. The number of thiazole rings is 1. The van der Waals surface area contributed by atoms with E-state index < -0.39 is 0 Å². The Kier molecular flexibility index (Phi) is 1.64. The van der Waals surface area contributed by atoms with E-state index in [9.17, 15) is 0 Å². The van der Waals surface area contributed by atoms with Gasteiger partial charge in [-0.2, -0.15) is 0 Å². The Balaban J connectivity index is 2.23. The average molecular weight is 200 g/mol. The summed E-state index contributed by atoms with van der Waals surface area (Å²) in [5, 5.41) is 4.31. The van der Waals surface area contributed by atoms with Crippen molar-refractivity contribution >= 4 is 22.2 Å². The molecule has 0 aliphatic carbocycles.